The molecule has 0 bridgehead atoms. The summed E-state index contributed by atoms with van der Waals surface area (Å²) >= 11 is 0. The van der Waals surface area contributed by atoms with Crippen molar-refractivity contribution < 1.29 is 23.1 Å². The first-order chi connectivity index (χ1) is 10.5. The van der Waals surface area contributed by atoms with E-state index in [9.17, 15) is 18.3 Å². The van der Waals surface area contributed by atoms with Gasteiger partial charge < -0.3 is 9.84 Å². The van der Waals surface area contributed by atoms with Gasteiger partial charge in [-0.3, -0.25) is 4.90 Å². The first-order valence-electron chi connectivity index (χ1n) is 7.21. The van der Waals surface area contributed by atoms with Gasteiger partial charge in [-0.2, -0.15) is 4.31 Å². The molecule has 8 heteroatoms. The van der Waals surface area contributed by atoms with Crippen molar-refractivity contribution in [2.45, 2.75) is 23.8 Å². The molecule has 0 spiro atoms. The number of rotatable bonds is 3. The summed E-state index contributed by atoms with van der Waals surface area (Å²) in [7, 11) is -3.55. The van der Waals surface area contributed by atoms with Gasteiger partial charge in [-0.15, -0.1) is 0 Å². The highest BCUT2D eigenvalue weighted by Crippen LogP contribution is 2.24. The van der Waals surface area contributed by atoms with Crippen molar-refractivity contribution in [2.75, 3.05) is 31.1 Å². The Hall–Kier alpha value is -1.64. The minimum Gasteiger partial charge on any atom is -0.447 e. The molecule has 2 aliphatic heterocycles. The lowest BCUT2D eigenvalue weighted by molar-refractivity contribution is 0.113. The van der Waals surface area contributed by atoms with Gasteiger partial charge in [0.15, 0.2) is 0 Å². The molecule has 0 atom stereocenters. The number of nitrogens with zero attached hydrogens (tertiary/aromatic N) is 2. The first-order valence-corrected chi connectivity index (χ1v) is 8.65. The fourth-order valence-electron chi connectivity index (χ4n) is 2.66. The first kappa shape index (κ1) is 15.3. The molecule has 2 fully saturated rings. The van der Waals surface area contributed by atoms with Crippen molar-refractivity contribution in [1.29, 1.82) is 0 Å². The molecule has 7 nitrogen and oxygen atoms in total. The zero-order chi connectivity index (χ0) is 15.7. The molecule has 2 heterocycles. The average molecular weight is 326 g/mol. The average Bonchev–Trinajstić information content (AvgIpc) is 2.94. The summed E-state index contributed by atoms with van der Waals surface area (Å²) in [5.74, 6) is 0. The van der Waals surface area contributed by atoms with E-state index in [1.54, 1.807) is 12.1 Å². The second-order valence-corrected chi connectivity index (χ2v) is 7.33. The van der Waals surface area contributed by atoms with E-state index in [1.807, 2.05) is 0 Å². The van der Waals surface area contributed by atoms with Crippen LogP contribution in [0.3, 0.4) is 0 Å². The van der Waals surface area contributed by atoms with Crippen LogP contribution in [0.4, 0.5) is 10.5 Å². The number of sulfonamides is 1. The van der Waals surface area contributed by atoms with Crippen LogP contribution in [0.5, 0.6) is 0 Å². The third-order valence-electron chi connectivity index (χ3n) is 3.97. The molecule has 2 aliphatic rings. The number of hydrogen-bond acceptors (Lipinski definition) is 5. The van der Waals surface area contributed by atoms with Gasteiger partial charge in [0.2, 0.25) is 10.0 Å². The second-order valence-electron chi connectivity index (χ2n) is 5.40. The molecule has 120 valence electrons. The lowest BCUT2D eigenvalue weighted by Crippen LogP contribution is -2.40. The molecule has 0 radical (unpaired) electrons. The zero-order valence-corrected chi connectivity index (χ0v) is 12.8. The van der Waals surface area contributed by atoms with E-state index in [-0.39, 0.29) is 4.90 Å². The summed E-state index contributed by atoms with van der Waals surface area (Å²) in [6.07, 6.45) is 0.0732. The van der Waals surface area contributed by atoms with E-state index in [2.05, 4.69) is 0 Å². The Morgan fingerprint density at radius 3 is 2.27 bits per heavy atom. The Morgan fingerprint density at radius 1 is 1.09 bits per heavy atom. The van der Waals surface area contributed by atoms with Crippen LogP contribution in [0.2, 0.25) is 0 Å². The Morgan fingerprint density at radius 2 is 1.73 bits per heavy atom. The predicted molar refractivity (Wildman–Crippen MR) is 79.1 cm³/mol. The van der Waals surface area contributed by atoms with Gasteiger partial charge in [0.1, 0.15) is 6.61 Å². The molecule has 0 unspecified atom stereocenters. The Balaban J connectivity index is 1.78. The van der Waals surface area contributed by atoms with Gasteiger partial charge in [0, 0.05) is 18.8 Å². The van der Waals surface area contributed by atoms with E-state index < -0.39 is 22.2 Å². The smallest absolute Gasteiger partial charge is 0.414 e. The number of ether oxygens (including phenoxy) is 1. The maximum absolute atomic E-state index is 12.5. The molecule has 2 saturated heterocycles. The summed E-state index contributed by atoms with van der Waals surface area (Å²) in [5.41, 5.74) is 0.621. The minimum absolute atomic E-state index is 0.195. The fraction of sp³-hybridized carbons (Fsp3) is 0.500. The Kier molecular flexibility index (Phi) is 4.07. The van der Waals surface area contributed by atoms with Crippen molar-refractivity contribution in [3.63, 3.8) is 0 Å². The van der Waals surface area contributed by atoms with Gasteiger partial charge in [0.25, 0.3) is 0 Å². The number of amides is 1. The van der Waals surface area contributed by atoms with E-state index in [4.69, 9.17) is 4.74 Å². The normalized spacial score (nSPS) is 21.1. The topological polar surface area (TPSA) is 87.2 Å². The highest BCUT2D eigenvalue weighted by Gasteiger charge is 2.29. The molecular weight excluding hydrogens is 308 g/mol. The van der Waals surface area contributed by atoms with Crippen molar-refractivity contribution in [3.8, 4) is 0 Å². The van der Waals surface area contributed by atoms with Crippen molar-refractivity contribution in [1.82, 2.24) is 4.31 Å². The maximum atomic E-state index is 12.5. The van der Waals surface area contributed by atoms with Gasteiger partial charge in [-0.1, -0.05) is 0 Å². The largest absolute Gasteiger partial charge is 0.447 e. The zero-order valence-electron chi connectivity index (χ0n) is 12.0. The van der Waals surface area contributed by atoms with Gasteiger partial charge >= 0.3 is 6.09 Å². The number of anilines is 1. The molecule has 1 amide bonds. The molecule has 22 heavy (non-hydrogen) atoms. The SMILES string of the molecule is O=C1OCCN1c1ccc(S(=O)(=O)N2CCC(O)CC2)cc1. The Bertz CT molecular complexity index is 650. The highest BCUT2D eigenvalue weighted by atomic mass is 32.2. The number of hydrogen-bond donors (Lipinski definition) is 1. The van der Waals surface area contributed by atoms with E-state index in [0.717, 1.165) is 0 Å². The predicted octanol–water partition coefficient (Wildman–Crippen LogP) is 0.789. The number of benzene rings is 1. The fourth-order valence-corrected chi connectivity index (χ4v) is 4.13. The van der Waals surface area contributed by atoms with Gasteiger partial charge in [0.05, 0.1) is 17.5 Å². The van der Waals surface area contributed by atoms with Crippen LogP contribution < -0.4 is 4.90 Å². The van der Waals surface area contributed by atoms with Crippen LogP contribution in [0.15, 0.2) is 29.2 Å². The molecule has 1 N–H and O–H groups in total. The van der Waals surface area contributed by atoms with Crippen LogP contribution in [0.1, 0.15) is 12.8 Å². The van der Waals surface area contributed by atoms with E-state index in [1.165, 1.54) is 21.3 Å². The number of aliphatic hydroxyl groups excluding tert-OH is 1. The summed E-state index contributed by atoms with van der Waals surface area (Å²) in [6, 6.07) is 6.22. The van der Waals surface area contributed by atoms with E-state index in [0.29, 0.717) is 44.8 Å². The standard InChI is InChI=1S/C14H18N2O5S/c17-12-5-7-15(8-6-12)22(19,20)13-3-1-11(2-4-13)16-9-10-21-14(16)18/h1-4,12,17H,5-10H2. The van der Waals surface area contributed by atoms with Crippen LogP contribution in [0, 0.1) is 0 Å². The van der Waals surface area contributed by atoms with Crippen LogP contribution in [0.25, 0.3) is 0 Å². The monoisotopic (exact) mass is 326 g/mol. The van der Waals surface area contributed by atoms with Crippen molar-refractivity contribution in [2.24, 2.45) is 0 Å². The molecule has 0 saturated carbocycles. The highest BCUT2D eigenvalue weighted by molar-refractivity contribution is 7.89. The number of aliphatic hydroxyl groups is 1. The summed E-state index contributed by atoms with van der Waals surface area (Å²) < 4.78 is 31.3. The number of carbonyl (C=O) groups excluding carboxylic acids is 1. The van der Waals surface area contributed by atoms with Crippen LogP contribution in [-0.2, 0) is 14.8 Å². The quantitative estimate of drug-likeness (QED) is 0.887. The number of carbonyl (C=O) groups is 1. The van der Waals surface area contributed by atoms with Crippen molar-refractivity contribution in [3.05, 3.63) is 24.3 Å². The van der Waals surface area contributed by atoms with Crippen LogP contribution in [-0.4, -0.2) is 56.3 Å². The summed E-state index contributed by atoms with van der Waals surface area (Å²) in [5, 5.41) is 9.47. The van der Waals surface area contributed by atoms with Gasteiger partial charge in [-0.05, 0) is 37.1 Å². The van der Waals surface area contributed by atoms with E-state index >= 15 is 0 Å². The summed E-state index contributed by atoms with van der Waals surface area (Å²) in [6.45, 7) is 1.46. The maximum Gasteiger partial charge on any atom is 0.414 e. The lowest BCUT2D eigenvalue weighted by Gasteiger charge is -2.28. The Labute approximate surface area is 129 Å². The third-order valence-corrected chi connectivity index (χ3v) is 5.88. The third kappa shape index (κ3) is 2.81. The lowest BCUT2D eigenvalue weighted by atomic mass is 10.1. The molecule has 1 aromatic rings. The van der Waals surface area contributed by atoms with Crippen molar-refractivity contribution >= 4 is 21.8 Å². The second kappa shape index (κ2) is 5.86. The minimum atomic E-state index is -3.55. The number of piperidine rings is 1. The molecular formula is C14H18N2O5S. The number of cyclic esters (lactones) is 1. The molecule has 1 aromatic carbocycles. The van der Waals surface area contributed by atoms with Crippen LogP contribution >= 0.6 is 0 Å². The van der Waals surface area contributed by atoms with Gasteiger partial charge in [-0.25, -0.2) is 13.2 Å². The summed E-state index contributed by atoms with van der Waals surface area (Å²) in [4.78, 5) is 13.1. The molecule has 0 aromatic heterocycles. The molecule has 0 aliphatic carbocycles. The molecule has 3 rings (SSSR count).